The van der Waals surface area contributed by atoms with Crippen molar-refractivity contribution >= 4 is 38.0 Å². The molecule has 1 aliphatic carbocycles. The molecule has 2 fully saturated rings. The summed E-state index contributed by atoms with van der Waals surface area (Å²) in [4.78, 5) is 6.98. The Morgan fingerprint density at radius 1 is 1.11 bits per heavy atom. The number of likely N-dealkylation sites (tertiary alicyclic amines) is 1. The highest BCUT2D eigenvalue weighted by Gasteiger charge is 2.35. The van der Waals surface area contributed by atoms with Crippen LogP contribution in [0.1, 0.15) is 39.0 Å². The largest absolute Gasteiger partial charge is 0.493 e. The minimum Gasteiger partial charge on any atom is -0.493 e. The van der Waals surface area contributed by atoms with E-state index < -0.39 is 15.8 Å². The number of sulfonamides is 1. The Morgan fingerprint density at radius 2 is 1.95 bits per heavy atom. The summed E-state index contributed by atoms with van der Waals surface area (Å²) < 4.78 is 53.4. The average Bonchev–Trinajstić information content (AvgIpc) is 3.74. The number of methoxy groups -OCH3 is 1. The molecule has 1 aliphatic heterocycles. The molecule has 0 bridgehead atoms. The van der Waals surface area contributed by atoms with Gasteiger partial charge in [-0.25, -0.2) is 12.8 Å². The SMILES string of the molecule is COc1cc2c(Nc3ccc(NS(=O)(=O)C4CC4)cc3F)ccnc2cc1OCCCN1CCCC(C)C1. The number of piperidine rings is 1. The van der Waals surface area contributed by atoms with E-state index in [-0.39, 0.29) is 16.6 Å². The Labute approximate surface area is 223 Å². The predicted octanol–water partition coefficient (Wildman–Crippen LogP) is 5.53. The molecule has 2 N–H and O–H groups in total. The maximum atomic E-state index is 14.9. The van der Waals surface area contributed by atoms with Crippen molar-refractivity contribution < 1.29 is 22.3 Å². The van der Waals surface area contributed by atoms with E-state index in [1.807, 2.05) is 12.1 Å². The molecule has 0 spiro atoms. The van der Waals surface area contributed by atoms with E-state index in [1.165, 1.54) is 25.0 Å². The smallest absolute Gasteiger partial charge is 0.235 e. The van der Waals surface area contributed by atoms with Gasteiger partial charge in [0.25, 0.3) is 0 Å². The summed E-state index contributed by atoms with van der Waals surface area (Å²) in [6, 6.07) is 9.68. The predicted molar refractivity (Wildman–Crippen MR) is 148 cm³/mol. The fraction of sp³-hybridized carbons (Fsp3) is 0.464. The van der Waals surface area contributed by atoms with Crippen LogP contribution in [-0.4, -0.2) is 56.9 Å². The number of rotatable bonds is 11. The van der Waals surface area contributed by atoms with Crippen molar-refractivity contribution in [2.24, 2.45) is 5.92 Å². The Kier molecular flexibility index (Phi) is 7.90. The molecule has 3 aromatic rings. The molecule has 8 nitrogen and oxygen atoms in total. The number of fused-ring (bicyclic) bond motifs is 1. The van der Waals surface area contributed by atoms with Gasteiger partial charge in [-0.2, -0.15) is 0 Å². The fourth-order valence-electron chi connectivity index (χ4n) is 4.95. The molecule has 2 aromatic carbocycles. The molecule has 204 valence electrons. The van der Waals surface area contributed by atoms with Gasteiger partial charge in [-0.15, -0.1) is 0 Å². The number of hydrogen-bond acceptors (Lipinski definition) is 7. The number of nitrogens with zero attached hydrogens (tertiary/aromatic N) is 2. The molecular weight excluding hydrogens is 507 g/mol. The summed E-state index contributed by atoms with van der Waals surface area (Å²) in [6.45, 7) is 6.20. The molecule has 0 amide bonds. The first-order chi connectivity index (χ1) is 18.3. The van der Waals surface area contributed by atoms with Gasteiger partial charge in [0.15, 0.2) is 11.5 Å². The topological polar surface area (TPSA) is 92.8 Å². The molecule has 2 heterocycles. The summed E-state index contributed by atoms with van der Waals surface area (Å²) in [7, 11) is -1.87. The molecule has 5 rings (SSSR count). The van der Waals surface area contributed by atoms with Gasteiger partial charge < -0.3 is 19.7 Å². The number of halogens is 1. The molecule has 1 aromatic heterocycles. The van der Waals surface area contributed by atoms with E-state index in [0.717, 1.165) is 37.4 Å². The van der Waals surface area contributed by atoms with Crippen LogP contribution in [0.15, 0.2) is 42.6 Å². The quantitative estimate of drug-likeness (QED) is 0.308. The van der Waals surface area contributed by atoms with Gasteiger partial charge >= 0.3 is 0 Å². The lowest BCUT2D eigenvalue weighted by Gasteiger charge is -2.30. The van der Waals surface area contributed by atoms with Crippen LogP contribution in [0.4, 0.5) is 21.5 Å². The molecule has 1 atom stereocenters. The van der Waals surface area contributed by atoms with Gasteiger partial charge in [0.05, 0.1) is 35.9 Å². The maximum Gasteiger partial charge on any atom is 0.235 e. The van der Waals surface area contributed by atoms with E-state index >= 15 is 0 Å². The number of anilines is 3. The van der Waals surface area contributed by atoms with Crippen LogP contribution >= 0.6 is 0 Å². The highest BCUT2D eigenvalue weighted by molar-refractivity contribution is 7.93. The monoisotopic (exact) mass is 542 g/mol. The fourth-order valence-corrected chi connectivity index (χ4v) is 6.32. The lowest BCUT2D eigenvalue weighted by Crippen LogP contribution is -2.35. The van der Waals surface area contributed by atoms with Gasteiger partial charge in [-0.05, 0) is 68.8 Å². The molecule has 10 heteroatoms. The maximum absolute atomic E-state index is 14.9. The van der Waals surface area contributed by atoms with E-state index in [2.05, 4.69) is 26.8 Å². The third-order valence-corrected chi connectivity index (χ3v) is 8.98. The Bertz CT molecular complexity index is 1400. The number of benzene rings is 2. The first kappa shape index (κ1) is 26.5. The second kappa shape index (κ2) is 11.3. The molecule has 1 unspecified atom stereocenters. The number of hydrogen-bond donors (Lipinski definition) is 2. The molecule has 0 radical (unpaired) electrons. The van der Waals surface area contributed by atoms with Crippen molar-refractivity contribution in [2.75, 3.05) is 43.4 Å². The highest BCUT2D eigenvalue weighted by Crippen LogP contribution is 2.36. The van der Waals surface area contributed by atoms with E-state index in [1.54, 1.807) is 25.4 Å². The summed E-state index contributed by atoms with van der Waals surface area (Å²) in [5.41, 5.74) is 1.75. The van der Waals surface area contributed by atoms with E-state index in [0.29, 0.717) is 42.2 Å². The van der Waals surface area contributed by atoms with Crippen molar-refractivity contribution in [3.05, 3.63) is 48.4 Å². The Morgan fingerprint density at radius 3 is 2.68 bits per heavy atom. The number of nitrogens with one attached hydrogen (secondary N) is 2. The third-order valence-electron chi connectivity index (χ3n) is 7.11. The number of aromatic nitrogens is 1. The molecule has 2 aliphatic rings. The molecule has 1 saturated heterocycles. The van der Waals surface area contributed by atoms with E-state index in [4.69, 9.17) is 9.47 Å². The third kappa shape index (κ3) is 6.30. The zero-order chi connectivity index (χ0) is 26.7. The summed E-state index contributed by atoms with van der Waals surface area (Å²) >= 11 is 0. The van der Waals surface area contributed by atoms with Crippen molar-refractivity contribution in [3.8, 4) is 11.5 Å². The van der Waals surface area contributed by atoms with Gasteiger partial charge in [0.1, 0.15) is 5.82 Å². The van der Waals surface area contributed by atoms with Gasteiger partial charge in [0.2, 0.25) is 10.0 Å². The van der Waals surface area contributed by atoms with Gasteiger partial charge in [-0.1, -0.05) is 6.92 Å². The van der Waals surface area contributed by atoms with Crippen molar-refractivity contribution in [1.29, 1.82) is 0 Å². The van der Waals surface area contributed by atoms with Crippen molar-refractivity contribution in [1.82, 2.24) is 9.88 Å². The second-order valence-electron chi connectivity index (χ2n) is 10.3. The van der Waals surface area contributed by atoms with Crippen LogP contribution in [-0.2, 0) is 10.0 Å². The van der Waals surface area contributed by atoms with Gasteiger partial charge in [-0.3, -0.25) is 9.71 Å². The van der Waals surface area contributed by atoms with Crippen LogP contribution in [0, 0.1) is 11.7 Å². The van der Waals surface area contributed by atoms with Crippen LogP contribution < -0.4 is 19.5 Å². The number of ether oxygens (including phenoxy) is 2. The van der Waals surface area contributed by atoms with Crippen LogP contribution in [0.3, 0.4) is 0 Å². The van der Waals surface area contributed by atoms with Gasteiger partial charge in [0, 0.05) is 42.5 Å². The zero-order valence-electron chi connectivity index (χ0n) is 21.9. The van der Waals surface area contributed by atoms with E-state index in [9.17, 15) is 12.8 Å². The summed E-state index contributed by atoms with van der Waals surface area (Å²) in [6.07, 6.45) is 6.42. The first-order valence-corrected chi connectivity index (χ1v) is 14.8. The van der Waals surface area contributed by atoms with Crippen molar-refractivity contribution in [3.63, 3.8) is 0 Å². The standard InChI is InChI=1S/C28H35FN4O4S/c1-19-5-3-12-33(18-19)13-4-14-37-28-17-26-22(16-27(28)36-2)24(10-11-30-26)31-25-9-6-20(15-23(25)29)32-38(34,35)21-7-8-21/h6,9-11,15-17,19,21,32H,3-5,7-8,12-14,18H2,1-2H3,(H,30,31). The minimum atomic E-state index is -3.46. The lowest BCUT2D eigenvalue weighted by atomic mass is 10.0. The Balaban J connectivity index is 1.27. The second-order valence-corrected chi connectivity index (χ2v) is 12.3. The van der Waals surface area contributed by atoms with Crippen LogP contribution in [0.2, 0.25) is 0 Å². The average molecular weight is 543 g/mol. The Hall–Kier alpha value is -3.11. The van der Waals surface area contributed by atoms with Crippen LogP contribution in [0.25, 0.3) is 10.9 Å². The van der Waals surface area contributed by atoms with Crippen LogP contribution in [0.5, 0.6) is 11.5 Å². The molecule has 1 saturated carbocycles. The number of pyridine rings is 1. The minimum absolute atomic E-state index is 0.206. The first-order valence-electron chi connectivity index (χ1n) is 13.2. The summed E-state index contributed by atoms with van der Waals surface area (Å²) in [5, 5.41) is 3.48. The highest BCUT2D eigenvalue weighted by atomic mass is 32.2. The summed E-state index contributed by atoms with van der Waals surface area (Å²) in [5.74, 6) is 1.38. The molecule has 38 heavy (non-hydrogen) atoms. The zero-order valence-corrected chi connectivity index (χ0v) is 22.7. The normalized spacial score (nSPS) is 18.3. The lowest BCUT2D eigenvalue weighted by molar-refractivity contribution is 0.169. The van der Waals surface area contributed by atoms with Crippen molar-refractivity contribution in [2.45, 2.75) is 44.3 Å². The molecular formula is C28H35FN4O4S.